The van der Waals surface area contributed by atoms with Gasteiger partial charge in [-0.3, -0.25) is 14.5 Å². The molecular formula is C22H29N5O4. The molecule has 1 fully saturated rings. The van der Waals surface area contributed by atoms with Crippen LogP contribution in [0.3, 0.4) is 0 Å². The highest BCUT2D eigenvalue weighted by Crippen LogP contribution is 2.27. The average Bonchev–Trinajstić information content (AvgIpc) is 2.73. The van der Waals surface area contributed by atoms with E-state index in [1.807, 2.05) is 11.8 Å². The zero-order valence-corrected chi connectivity index (χ0v) is 18.2. The number of hydrogen-bond donors (Lipinski definition) is 2. The molecule has 1 saturated heterocycles. The summed E-state index contributed by atoms with van der Waals surface area (Å²) in [5, 5.41) is 13.1. The molecule has 0 radical (unpaired) electrons. The topological polar surface area (TPSA) is 106 Å². The molecule has 1 aliphatic rings. The fourth-order valence-electron chi connectivity index (χ4n) is 3.55. The summed E-state index contributed by atoms with van der Waals surface area (Å²) in [5.41, 5.74) is 1.27. The van der Waals surface area contributed by atoms with Crippen LogP contribution in [0, 0.1) is 0 Å². The minimum atomic E-state index is -1.04. The molecule has 2 N–H and O–H groups in total. The van der Waals surface area contributed by atoms with Crippen molar-refractivity contribution >= 4 is 40.2 Å². The van der Waals surface area contributed by atoms with Gasteiger partial charge in [0.05, 0.1) is 17.6 Å². The normalized spacial score (nSPS) is 14.5. The third kappa shape index (κ3) is 5.49. The zero-order valence-electron chi connectivity index (χ0n) is 18.2. The Morgan fingerprint density at radius 1 is 1.13 bits per heavy atom. The van der Waals surface area contributed by atoms with Crippen LogP contribution in [0.1, 0.15) is 30.1 Å². The summed E-state index contributed by atoms with van der Waals surface area (Å²) < 4.78 is 0. The molecule has 1 aromatic carbocycles. The molecule has 0 spiro atoms. The number of anilines is 2. The zero-order chi connectivity index (χ0) is 22.5. The highest BCUT2D eigenvalue weighted by molar-refractivity contribution is 6.05. The highest BCUT2D eigenvalue weighted by atomic mass is 16.4. The van der Waals surface area contributed by atoms with Crippen LogP contribution in [0.15, 0.2) is 24.3 Å². The Bertz CT molecular complexity index is 983. The minimum Gasteiger partial charge on any atom is -0.478 e. The van der Waals surface area contributed by atoms with Crippen molar-refractivity contribution in [2.75, 3.05) is 57.0 Å². The molecule has 2 heterocycles. The van der Waals surface area contributed by atoms with E-state index in [1.165, 1.54) is 0 Å². The van der Waals surface area contributed by atoms with Gasteiger partial charge < -0.3 is 20.2 Å². The second kappa shape index (κ2) is 9.74. The molecule has 9 heteroatoms. The largest absolute Gasteiger partial charge is 0.478 e. The van der Waals surface area contributed by atoms with Crippen LogP contribution >= 0.6 is 0 Å². The predicted molar refractivity (Wildman–Crippen MR) is 120 cm³/mol. The van der Waals surface area contributed by atoms with E-state index in [4.69, 9.17) is 0 Å². The van der Waals surface area contributed by atoms with E-state index in [0.29, 0.717) is 61.6 Å². The summed E-state index contributed by atoms with van der Waals surface area (Å²) in [6.07, 6.45) is 1.15. The number of fused-ring (bicyclic) bond motifs is 1. The lowest BCUT2D eigenvalue weighted by Crippen LogP contribution is -2.49. The number of likely N-dealkylation sites (N-methyl/N-ethyl adjacent to an activating group) is 1. The van der Waals surface area contributed by atoms with Gasteiger partial charge in [0.25, 0.3) is 0 Å². The Morgan fingerprint density at radius 2 is 1.84 bits per heavy atom. The third-order valence-corrected chi connectivity index (χ3v) is 5.34. The second-order valence-corrected chi connectivity index (χ2v) is 7.91. The van der Waals surface area contributed by atoms with E-state index in [-0.39, 0.29) is 17.4 Å². The Kier molecular flexibility index (Phi) is 7.06. The molecule has 31 heavy (non-hydrogen) atoms. The molecular weight excluding hydrogens is 398 g/mol. The number of aromatic carboxylic acids is 1. The number of amides is 2. The van der Waals surface area contributed by atoms with Crippen LogP contribution < -0.4 is 10.2 Å². The molecule has 9 nitrogen and oxygen atoms in total. The Labute approximate surface area is 181 Å². The van der Waals surface area contributed by atoms with E-state index in [2.05, 4.69) is 15.2 Å². The van der Waals surface area contributed by atoms with Gasteiger partial charge in [0.2, 0.25) is 11.8 Å². The van der Waals surface area contributed by atoms with Crippen LogP contribution in [-0.4, -0.2) is 84.5 Å². The minimum absolute atomic E-state index is 0.0623. The third-order valence-electron chi connectivity index (χ3n) is 5.34. The van der Waals surface area contributed by atoms with Gasteiger partial charge in [-0.15, -0.1) is 0 Å². The fraction of sp³-hybridized carbons (Fsp3) is 0.455. The number of carboxylic acids is 1. The molecule has 2 aromatic rings. The lowest BCUT2D eigenvalue weighted by molar-refractivity contribution is -0.130. The molecule has 0 bridgehead atoms. The van der Waals surface area contributed by atoms with Gasteiger partial charge >= 0.3 is 5.97 Å². The predicted octanol–water partition coefficient (Wildman–Crippen LogP) is 1.88. The maximum Gasteiger partial charge on any atom is 0.336 e. The second-order valence-electron chi connectivity index (χ2n) is 7.91. The summed E-state index contributed by atoms with van der Waals surface area (Å²) >= 11 is 0. The van der Waals surface area contributed by atoms with Crippen molar-refractivity contribution in [1.29, 1.82) is 0 Å². The Hall–Kier alpha value is -3.20. The lowest BCUT2D eigenvalue weighted by Gasteiger charge is -2.35. The summed E-state index contributed by atoms with van der Waals surface area (Å²) in [5.74, 6) is -0.478. The highest BCUT2D eigenvalue weighted by Gasteiger charge is 2.22. The van der Waals surface area contributed by atoms with Crippen LogP contribution in [0.4, 0.5) is 11.5 Å². The van der Waals surface area contributed by atoms with Crippen LogP contribution in [0.2, 0.25) is 0 Å². The van der Waals surface area contributed by atoms with Crippen molar-refractivity contribution in [2.45, 2.75) is 19.8 Å². The number of carbonyl (C=O) groups is 3. The molecule has 166 valence electrons. The quantitative estimate of drug-likeness (QED) is 0.695. The van der Waals surface area contributed by atoms with Gasteiger partial charge in [-0.25, -0.2) is 9.78 Å². The average molecular weight is 428 g/mol. The van der Waals surface area contributed by atoms with E-state index in [0.717, 1.165) is 6.42 Å². The SMILES string of the molecule is CCCC(=O)Nc1ccc2nc(N3CCN(CC(=O)N(C)C)CC3)cc(C(=O)O)c2c1. The van der Waals surface area contributed by atoms with Crippen molar-refractivity contribution in [3.05, 3.63) is 29.8 Å². The standard InChI is InChI=1S/C22H29N5O4/c1-4-5-20(28)23-15-6-7-18-16(12-15)17(22(30)31)13-19(24-18)27-10-8-26(9-11-27)14-21(29)25(2)3/h6-7,12-13H,4-5,8-11,14H2,1-3H3,(H,23,28)(H,30,31). The number of hydrogen-bond acceptors (Lipinski definition) is 6. The lowest BCUT2D eigenvalue weighted by atomic mass is 10.1. The number of carbonyl (C=O) groups excluding carboxylic acids is 2. The summed E-state index contributed by atoms with van der Waals surface area (Å²) in [7, 11) is 3.48. The monoisotopic (exact) mass is 427 g/mol. The number of pyridine rings is 1. The number of rotatable bonds is 7. The van der Waals surface area contributed by atoms with Crippen LogP contribution in [-0.2, 0) is 9.59 Å². The van der Waals surface area contributed by atoms with Gasteiger partial charge in [-0.1, -0.05) is 6.92 Å². The molecule has 0 saturated carbocycles. The van der Waals surface area contributed by atoms with E-state index < -0.39 is 5.97 Å². The number of aromatic nitrogens is 1. The van der Waals surface area contributed by atoms with E-state index >= 15 is 0 Å². The van der Waals surface area contributed by atoms with E-state index in [9.17, 15) is 19.5 Å². The first-order chi connectivity index (χ1) is 14.8. The Morgan fingerprint density at radius 3 is 2.45 bits per heavy atom. The maximum atomic E-state index is 11.9. The number of benzene rings is 1. The first-order valence-corrected chi connectivity index (χ1v) is 10.4. The number of carboxylic acid groups (broad SMARTS) is 1. The summed E-state index contributed by atoms with van der Waals surface area (Å²) in [6.45, 7) is 5.01. The number of piperazine rings is 1. The van der Waals surface area contributed by atoms with Crippen molar-refractivity contribution in [1.82, 2.24) is 14.8 Å². The smallest absolute Gasteiger partial charge is 0.336 e. The molecule has 1 aliphatic heterocycles. The molecule has 3 rings (SSSR count). The molecule has 2 amide bonds. The van der Waals surface area contributed by atoms with E-state index in [1.54, 1.807) is 43.3 Å². The molecule has 0 unspecified atom stereocenters. The van der Waals surface area contributed by atoms with Crippen molar-refractivity contribution in [2.24, 2.45) is 0 Å². The maximum absolute atomic E-state index is 11.9. The first-order valence-electron chi connectivity index (χ1n) is 10.4. The number of nitrogens with one attached hydrogen (secondary N) is 1. The molecule has 1 aromatic heterocycles. The van der Waals surface area contributed by atoms with Gasteiger partial charge in [-0.2, -0.15) is 0 Å². The summed E-state index contributed by atoms with van der Waals surface area (Å²) in [6, 6.07) is 6.72. The van der Waals surface area contributed by atoms with Crippen LogP contribution in [0.5, 0.6) is 0 Å². The van der Waals surface area contributed by atoms with Gasteiger partial charge in [0.15, 0.2) is 0 Å². The number of nitrogens with zero attached hydrogens (tertiary/aromatic N) is 4. The van der Waals surface area contributed by atoms with Crippen LogP contribution in [0.25, 0.3) is 10.9 Å². The van der Waals surface area contributed by atoms with Crippen molar-refractivity contribution in [3.63, 3.8) is 0 Å². The Balaban J connectivity index is 1.80. The van der Waals surface area contributed by atoms with Gasteiger partial charge in [-0.05, 0) is 30.7 Å². The molecule has 0 aliphatic carbocycles. The van der Waals surface area contributed by atoms with Crippen molar-refractivity contribution in [3.8, 4) is 0 Å². The van der Waals surface area contributed by atoms with Gasteiger partial charge in [0.1, 0.15) is 5.82 Å². The van der Waals surface area contributed by atoms with Crippen molar-refractivity contribution < 1.29 is 19.5 Å². The fourth-order valence-corrected chi connectivity index (χ4v) is 3.55. The van der Waals surface area contributed by atoms with Gasteiger partial charge in [0, 0.05) is 57.8 Å². The first kappa shape index (κ1) is 22.5. The molecule has 0 atom stereocenters. The summed E-state index contributed by atoms with van der Waals surface area (Å²) in [4.78, 5) is 46.1.